The summed E-state index contributed by atoms with van der Waals surface area (Å²) in [6, 6.07) is 4.88. The second-order valence-corrected chi connectivity index (χ2v) is 5.25. The molecule has 1 aromatic rings. The molecule has 2 N–H and O–H groups in total. The number of benzene rings is 1. The predicted octanol–water partition coefficient (Wildman–Crippen LogP) is -0.0955. The molecule has 0 atom stereocenters. The Morgan fingerprint density at radius 2 is 2.00 bits per heavy atom. The van der Waals surface area contributed by atoms with Crippen LogP contribution in [0, 0.1) is 0 Å². The third kappa shape index (κ3) is 3.28. The molecule has 0 saturated heterocycles. The van der Waals surface area contributed by atoms with Crippen LogP contribution in [0.2, 0.25) is 0 Å². The van der Waals surface area contributed by atoms with Crippen molar-refractivity contribution in [2.45, 2.75) is 4.90 Å². The molecule has 0 aliphatic rings. The SMILES string of the molecule is CNC(=O)CS(=O)(=O)c1cccc(C(=O)O)c1. The zero-order valence-electron chi connectivity index (χ0n) is 9.00. The highest BCUT2D eigenvalue weighted by atomic mass is 32.2. The lowest BCUT2D eigenvalue weighted by atomic mass is 10.2. The van der Waals surface area contributed by atoms with Gasteiger partial charge in [-0.2, -0.15) is 0 Å². The highest BCUT2D eigenvalue weighted by Gasteiger charge is 2.19. The number of hydrogen-bond acceptors (Lipinski definition) is 4. The van der Waals surface area contributed by atoms with Gasteiger partial charge in [0.05, 0.1) is 10.5 Å². The van der Waals surface area contributed by atoms with Crippen LogP contribution in [0.4, 0.5) is 0 Å². The Balaban J connectivity index is 3.11. The first kappa shape index (κ1) is 13.2. The number of carboxylic acid groups (broad SMARTS) is 1. The number of carbonyl (C=O) groups excluding carboxylic acids is 1. The van der Waals surface area contributed by atoms with E-state index in [1.54, 1.807) is 0 Å². The van der Waals surface area contributed by atoms with Crippen LogP contribution in [0.15, 0.2) is 29.2 Å². The Hall–Kier alpha value is -1.89. The van der Waals surface area contributed by atoms with Crippen LogP contribution in [0.25, 0.3) is 0 Å². The van der Waals surface area contributed by atoms with Gasteiger partial charge in [0.2, 0.25) is 5.91 Å². The van der Waals surface area contributed by atoms with Crippen molar-refractivity contribution < 1.29 is 23.1 Å². The smallest absolute Gasteiger partial charge is 0.335 e. The van der Waals surface area contributed by atoms with E-state index in [-0.39, 0.29) is 10.5 Å². The Labute approximate surface area is 98.2 Å². The summed E-state index contributed by atoms with van der Waals surface area (Å²) in [6.45, 7) is 0. The molecule has 0 spiro atoms. The molecule has 17 heavy (non-hydrogen) atoms. The summed E-state index contributed by atoms with van der Waals surface area (Å²) in [7, 11) is -2.48. The minimum absolute atomic E-state index is 0.136. The van der Waals surface area contributed by atoms with Crippen LogP contribution in [0.1, 0.15) is 10.4 Å². The minimum Gasteiger partial charge on any atom is -0.478 e. The van der Waals surface area contributed by atoms with Crippen LogP contribution in [-0.2, 0) is 14.6 Å². The summed E-state index contributed by atoms with van der Waals surface area (Å²) in [5.74, 6) is -2.57. The molecule has 0 radical (unpaired) electrons. The summed E-state index contributed by atoms with van der Waals surface area (Å²) in [6.07, 6.45) is 0. The molecule has 0 bridgehead atoms. The van der Waals surface area contributed by atoms with Crippen molar-refractivity contribution in [1.82, 2.24) is 5.32 Å². The number of rotatable bonds is 4. The zero-order chi connectivity index (χ0) is 13.1. The predicted molar refractivity (Wildman–Crippen MR) is 59.5 cm³/mol. The van der Waals surface area contributed by atoms with Crippen molar-refractivity contribution in [3.8, 4) is 0 Å². The summed E-state index contributed by atoms with van der Waals surface area (Å²) < 4.78 is 23.4. The van der Waals surface area contributed by atoms with Crippen LogP contribution < -0.4 is 5.32 Å². The van der Waals surface area contributed by atoms with Gasteiger partial charge in [-0.05, 0) is 18.2 Å². The van der Waals surface area contributed by atoms with Crippen LogP contribution >= 0.6 is 0 Å². The summed E-state index contributed by atoms with van der Waals surface area (Å²) in [5.41, 5.74) is -0.136. The van der Waals surface area contributed by atoms with Gasteiger partial charge in [-0.15, -0.1) is 0 Å². The minimum atomic E-state index is -3.80. The molecule has 0 heterocycles. The van der Waals surface area contributed by atoms with E-state index >= 15 is 0 Å². The highest BCUT2D eigenvalue weighted by molar-refractivity contribution is 7.92. The number of hydrogen-bond donors (Lipinski definition) is 2. The molecule has 92 valence electrons. The van der Waals surface area contributed by atoms with Gasteiger partial charge in [0.15, 0.2) is 9.84 Å². The number of amides is 1. The monoisotopic (exact) mass is 257 g/mol. The molecule has 0 aliphatic carbocycles. The van der Waals surface area contributed by atoms with Crippen LogP contribution in [0.3, 0.4) is 0 Å². The van der Waals surface area contributed by atoms with E-state index in [4.69, 9.17) is 5.11 Å². The summed E-state index contributed by atoms with van der Waals surface area (Å²) in [4.78, 5) is 21.5. The second kappa shape index (κ2) is 4.96. The van der Waals surface area contributed by atoms with E-state index in [2.05, 4.69) is 5.32 Å². The van der Waals surface area contributed by atoms with Crippen molar-refractivity contribution in [3.63, 3.8) is 0 Å². The lowest BCUT2D eigenvalue weighted by molar-refractivity contribution is -0.118. The van der Waals surface area contributed by atoms with Crippen molar-refractivity contribution in [2.75, 3.05) is 12.8 Å². The topological polar surface area (TPSA) is 101 Å². The van der Waals surface area contributed by atoms with Crippen molar-refractivity contribution in [3.05, 3.63) is 29.8 Å². The molecule has 0 unspecified atom stereocenters. The molecule has 0 fully saturated rings. The fraction of sp³-hybridized carbons (Fsp3) is 0.200. The van der Waals surface area contributed by atoms with Crippen molar-refractivity contribution in [1.29, 1.82) is 0 Å². The van der Waals surface area contributed by atoms with E-state index < -0.39 is 27.5 Å². The Morgan fingerprint density at radius 3 is 2.53 bits per heavy atom. The van der Waals surface area contributed by atoms with E-state index in [1.807, 2.05) is 0 Å². The molecule has 0 aliphatic heterocycles. The first-order chi connectivity index (χ1) is 7.86. The molecule has 1 rings (SSSR count). The molecular formula is C10H11NO5S. The van der Waals surface area contributed by atoms with Gasteiger partial charge in [-0.1, -0.05) is 6.07 Å². The van der Waals surface area contributed by atoms with Gasteiger partial charge >= 0.3 is 5.97 Å². The van der Waals surface area contributed by atoms with Crippen molar-refractivity contribution in [2.24, 2.45) is 0 Å². The van der Waals surface area contributed by atoms with E-state index in [0.717, 1.165) is 6.07 Å². The van der Waals surface area contributed by atoms with Crippen molar-refractivity contribution >= 4 is 21.7 Å². The van der Waals surface area contributed by atoms with E-state index in [1.165, 1.54) is 25.2 Å². The third-order valence-electron chi connectivity index (χ3n) is 2.04. The number of sulfone groups is 1. The average molecular weight is 257 g/mol. The zero-order valence-corrected chi connectivity index (χ0v) is 9.82. The number of carbonyl (C=O) groups is 2. The Morgan fingerprint density at radius 1 is 1.35 bits per heavy atom. The second-order valence-electron chi connectivity index (χ2n) is 3.27. The highest BCUT2D eigenvalue weighted by Crippen LogP contribution is 2.13. The average Bonchev–Trinajstić information content (AvgIpc) is 2.28. The fourth-order valence-electron chi connectivity index (χ4n) is 1.15. The van der Waals surface area contributed by atoms with Gasteiger partial charge in [0.1, 0.15) is 5.75 Å². The number of aromatic carboxylic acids is 1. The van der Waals surface area contributed by atoms with Gasteiger partial charge in [0.25, 0.3) is 0 Å². The molecule has 6 nitrogen and oxygen atoms in total. The quantitative estimate of drug-likeness (QED) is 0.784. The first-order valence-corrected chi connectivity index (χ1v) is 6.29. The van der Waals surface area contributed by atoms with Gasteiger partial charge in [0, 0.05) is 7.05 Å². The molecular weight excluding hydrogens is 246 g/mol. The molecule has 0 saturated carbocycles. The van der Waals surface area contributed by atoms with Gasteiger partial charge in [-0.25, -0.2) is 13.2 Å². The Kier molecular flexibility index (Phi) is 3.84. The maximum absolute atomic E-state index is 11.7. The van der Waals surface area contributed by atoms with E-state index in [9.17, 15) is 18.0 Å². The lowest BCUT2D eigenvalue weighted by Crippen LogP contribution is -2.27. The number of carboxylic acids is 1. The van der Waals surface area contributed by atoms with Gasteiger partial charge < -0.3 is 10.4 Å². The largest absolute Gasteiger partial charge is 0.478 e. The van der Waals surface area contributed by atoms with Crippen LogP contribution in [-0.4, -0.2) is 38.2 Å². The first-order valence-electron chi connectivity index (χ1n) is 4.63. The summed E-state index contributed by atoms with van der Waals surface area (Å²) in [5, 5.41) is 10.9. The van der Waals surface area contributed by atoms with Crippen LogP contribution in [0.5, 0.6) is 0 Å². The molecule has 1 amide bonds. The van der Waals surface area contributed by atoms with E-state index in [0.29, 0.717) is 0 Å². The van der Waals surface area contributed by atoms with Gasteiger partial charge in [-0.3, -0.25) is 4.79 Å². The molecule has 1 aromatic carbocycles. The standard InChI is InChI=1S/C10H11NO5S/c1-11-9(12)6-17(15,16)8-4-2-3-7(5-8)10(13)14/h2-5H,6H2,1H3,(H,11,12)(H,13,14). The molecule has 0 aromatic heterocycles. The summed E-state index contributed by atoms with van der Waals surface area (Å²) >= 11 is 0. The molecule has 7 heteroatoms. The maximum Gasteiger partial charge on any atom is 0.335 e. The number of nitrogens with one attached hydrogen (secondary N) is 1. The maximum atomic E-state index is 11.7. The lowest BCUT2D eigenvalue weighted by Gasteiger charge is -2.04. The normalized spacial score (nSPS) is 10.9. The third-order valence-corrected chi connectivity index (χ3v) is 3.65. The Bertz CT molecular complexity index is 550. The fourth-order valence-corrected chi connectivity index (χ4v) is 2.40.